The van der Waals surface area contributed by atoms with E-state index in [0.717, 1.165) is 37.1 Å². The van der Waals surface area contributed by atoms with Crippen molar-refractivity contribution >= 4 is 18.3 Å². The van der Waals surface area contributed by atoms with Crippen molar-refractivity contribution in [1.82, 2.24) is 15.0 Å². The Morgan fingerprint density at radius 3 is 2.69 bits per heavy atom. The number of hydrogen-bond donors (Lipinski definition) is 1. The third-order valence-corrected chi connectivity index (χ3v) is 4.41. The molecule has 0 radical (unpaired) electrons. The summed E-state index contributed by atoms with van der Waals surface area (Å²) >= 11 is 0. The fraction of sp³-hybridized carbons (Fsp3) is 0.526. The normalized spacial score (nSPS) is 13.3. The second-order valence-electron chi connectivity index (χ2n) is 6.62. The first kappa shape index (κ1) is 20.4. The average Bonchev–Trinajstić information content (AvgIpc) is 3.38. The third-order valence-electron chi connectivity index (χ3n) is 4.41. The minimum atomic E-state index is 0. The van der Waals surface area contributed by atoms with Crippen molar-refractivity contribution in [3.05, 3.63) is 47.6 Å². The molecule has 6 nitrogen and oxygen atoms in total. The molecule has 0 spiro atoms. The van der Waals surface area contributed by atoms with E-state index < -0.39 is 0 Å². The van der Waals surface area contributed by atoms with E-state index in [9.17, 15) is 4.79 Å². The molecule has 7 heteroatoms. The van der Waals surface area contributed by atoms with Crippen LogP contribution in [0.5, 0.6) is 0 Å². The summed E-state index contributed by atoms with van der Waals surface area (Å²) in [6.45, 7) is 1.91. The SMILES string of the molecule is Cl.NCCCN(Cc1ccccc1)C(=O)CCCc1nc(C2CC2)no1. The second kappa shape index (κ2) is 10.3. The van der Waals surface area contributed by atoms with Crippen molar-refractivity contribution < 1.29 is 9.32 Å². The van der Waals surface area contributed by atoms with Crippen LogP contribution in [0.2, 0.25) is 0 Å². The quantitative estimate of drug-likeness (QED) is 0.686. The molecule has 1 heterocycles. The summed E-state index contributed by atoms with van der Waals surface area (Å²) in [6, 6.07) is 10.1. The van der Waals surface area contributed by atoms with Crippen LogP contribution in [0.4, 0.5) is 0 Å². The predicted molar refractivity (Wildman–Crippen MR) is 102 cm³/mol. The molecule has 1 amide bonds. The fourth-order valence-corrected chi connectivity index (χ4v) is 2.80. The number of rotatable bonds is 10. The van der Waals surface area contributed by atoms with E-state index in [4.69, 9.17) is 10.3 Å². The second-order valence-corrected chi connectivity index (χ2v) is 6.62. The lowest BCUT2D eigenvalue weighted by Gasteiger charge is -2.22. The zero-order valence-electron chi connectivity index (χ0n) is 15.0. The van der Waals surface area contributed by atoms with Gasteiger partial charge in [-0.05, 0) is 37.8 Å². The first-order chi connectivity index (χ1) is 12.3. The highest BCUT2D eigenvalue weighted by atomic mass is 35.5. The Morgan fingerprint density at radius 1 is 1.23 bits per heavy atom. The molecule has 1 aromatic carbocycles. The largest absolute Gasteiger partial charge is 0.339 e. The van der Waals surface area contributed by atoms with Crippen LogP contribution >= 0.6 is 12.4 Å². The molecular weight excluding hydrogens is 352 g/mol. The number of amides is 1. The molecule has 0 saturated heterocycles. The van der Waals surface area contributed by atoms with Crippen LogP contribution in [-0.2, 0) is 17.8 Å². The first-order valence-corrected chi connectivity index (χ1v) is 9.10. The van der Waals surface area contributed by atoms with Gasteiger partial charge in [0.1, 0.15) is 0 Å². The summed E-state index contributed by atoms with van der Waals surface area (Å²) in [5, 5.41) is 4.01. The van der Waals surface area contributed by atoms with E-state index >= 15 is 0 Å². The highest BCUT2D eigenvalue weighted by Gasteiger charge is 2.28. The number of benzene rings is 1. The smallest absolute Gasteiger partial charge is 0.226 e. The number of halogens is 1. The molecule has 0 bridgehead atoms. The maximum Gasteiger partial charge on any atom is 0.226 e. The van der Waals surface area contributed by atoms with Crippen molar-refractivity contribution in [2.24, 2.45) is 5.73 Å². The molecule has 1 aliphatic rings. The minimum absolute atomic E-state index is 0. The molecule has 0 aliphatic heterocycles. The van der Waals surface area contributed by atoms with Crippen LogP contribution in [0.15, 0.2) is 34.9 Å². The molecule has 1 aromatic heterocycles. The summed E-state index contributed by atoms with van der Waals surface area (Å²) in [7, 11) is 0. The highest BCUT2D eigenvalue weighted by Crippen LogP contribution is 2.38. The molecule has 0 atom stereocenters. The van der Waals surface area contributed by atoms with Crippen LogP contribution in [0, 0.1) is 0 Å². The summed E-state index contributed by atoms with van der Waals surface area (Å²) in [6.07, 6.45) is 4.99. The molecule has 1 fully saturated rings. The van der Waals surface area contributed by atoms with Gasteiger partial charge < -0.3 is 15.2 Å². The van der Waals surface area contributed by atoms with Crippen LogP contribution in [0.3, 0.4) is 0 Å². The zero-order chi connectivity index (χ0) is 17.5. The Balaban J connectivity index is 0.00000243. The van der Waals surface area contributed by atoms with Crippen molar-refractivity contribution in [2.45, 2.75) is 51.0 Å². The number of carbonyl (C=O) groups is 1. The van der Waals surface area contributed by atoms with Crippen molar-refractivity contribution in [2.75, 3.05) is 13.1 Å². The molecule has 2 aromatic rings. The number of nitrogens with zero attached hydrogens (tertiary/aromatic N) is 3. The Hall–Kier alpha value is -1.92. The first-order valence-electron chi connectivity index (χ1n) is 9.10. The molecule has 3 rings (SSSR count). The Morgan fingerprint density at radius 2 is 2.00 bits per heavy atom. The molecule has 142 valence electrons. The lowest BCUT2D eigenvalue weighted by atomic mass is 10.1. The Labute approximate surface area is 160 Å². The zero-order valence-corrected chi connectivity index (χ0v) is 15.8. The molecule has 26 heavy (non-hydrogen) atoms. The van der Waals surface area contributed by atoms with E-state index in [1.165, 1.54) is 0 Å². The van der Waals surface area contributed by atoms with Gasteiger partial charge in [-0.25, -0.2) is 0 Å². The summed E-state index contributed by atoms with van der Waals surface area (Å²) in [5.74, 6) is 2.12. The Kier molecular flexibility index (Phi) is 8.06. The predicted octanol–water partition coefficient (Wildman–Crippen LogP) is 3.07. The van der Waals surface area contributed by atoms with Gasteiger partial charge in [0.2, 0.25) is 11.8 Å². The van der Waals surface area contributed by atoms with Crippen LogP contribution in [-0.4, -0.2) is 34.0 Å². The van der Waals surface area contributed by atoms with Gasteiger partial charge in [-0.1, -0.05) is 35.5 Å². The van der Waals surface area contributed by atoms with E-state index in [1.807, 2.05) is 35.2 Å². The summed E-state index contributed by atoms with van der Waals surface area (Å²) < 4.78 is 5.27. The molecule has 2 N–H and O–H groups in total. The Bertz CT molecular complexity index is 673. The van der Waals surface area contributed by atoms with Gasteiger partial charge in [-0.15, -0.1) is 12.4 Å². The fourth-order valence-electron chi connectivity index (χ4n) is 2.80. The van der Waals surface area contributed by atoms with Crippen molar-refractivity contribution in [1.29, 1.82) is 0 Å². The average molecular weight is 379 g/mol. The van der Waals surface area contributed by atoms with Gasteiger partial charge in [-0.3, -0.25) is 4.79 Å². The van der Waals surface area contributed by atoms with Gasteiger partial charge in [0.15, 0.2) is 5.82 Å². The van der Waals surface area contributed by atoms with E-state index in [2.05, 4.69) is 10.1 Å². The third kappa shape index (κ3) is 6.11. The van der Waals surface area contributed by atoms with E-state index in [0.29, 0.717) is 44.3 Å². The number of nitrogens with two attached hydrogens (primary N) is 1. The molecule has 1 aliphatic carbocycles. The lowest BCUT2D eigenvalue weighted by Crippen LogP contribution is -2.32. The van der Waals surface area contributed by atoms with Crippen molar-refractivity contribution in [3.8, 4) is 0 Å². The lowest BCUT2D eigenvalue weighted by molar-refractivity contribution is -0.132. The maximum absolute atomic E-state index is 12.6. The number of carbonyl (C=O) groups excluding carboxylic acids is 1. The summed E-state index contributed by atoms with van der Waals surface area (Å²) in [4.78, 5) is 18.9. The maximum atomic E-state index is 12.6. The van der Waals surface area contributed by atoms with Crippen LogP contribution in [0.25, 0.3) is 0 Å². The van der Waals surface area contributed by atoms with Gasteiger partial charge in [0.05, 0.1) is 0 Å². The minimum Gasteiger partial charge on any atom is -0.339 e. The highest BCUT2D eigenvalue weighted by molar-refractivity contribution is 5.85. The number of aromatic nitrogens is 2. The van der Waals surface area contributed by atoms with E-state index in [1.54, 1.807) is 0 Å². The van der Waals surface area contributed by atoms with E-state index in [-0.39, 0.29) is 18.3 Å². The van der Waals surface area contributed by atoms with Crippen molar-refractivity contribution in [3.63, 3.8) is 0 Å². The van der Waals surface area contributed by atoms with Gasteiger partial charge >= 0.3 is 0 Å². The standard InChI is InChI=1S/C19H26N4O2.ClH/c20-12-5-13-23(14-15-6-2-1-3-7-15)18(24)9-4-8-17-21-19(22-25-17)16-10-11-16;/h1-3,6-7,16H,4-5,8-14,20H2;1H. The van der Waals surface area contributed by atoms with Gasteiger partial charge in [0, 0.05) is 31.8 Å². The molecule has 1 saturated carbocycles. The number of aryl methyl sites for hydroxylation is 1. The van der Waals surface area contributed by atoms with Gasteiger partial charge in [-0.2, -0.15) is 4.98 Å². The van der Waals surface area contributed by atoms with Crippen LogP contribution < -0.4 is 5.73 Å². The molecular formula is C19H27ClN4O2. The number of hydrogen-bond acceptors (Lipinski definition) is 5. The molecule has 0 unspecified atom stereocenters. The summed E-state index contributed by atoms with van der Waals surface area (Å²) in [5.41, 5.74) is 6.75. The topological polar surface area (TPSA) is 85.2 Å². The monoisotopic (exact) mass is 378 g/mol. The van der Waals surface area contributed by atoms with Crippen LogP contribution in [0.1, 0.15) is 55.3 Å². The van der Waals surface area contributed by atoms with Gasteiger partial charge in [0.25, 0.3) is 0 Å².